The Morgan fingerprint density at radius 3 is 2.45 bits per heavy atom. The number of hydrogen-bond acceptors (Lipinski definition) is 7. The van der Waals surface area contributed by atoms with E-state index < -0.39 is 10.0 Å². The molecule has 0 atom stereocenters. The monoisotopic (exact) mass is 466 g/mol. The minimum Gasteiger partial charge on any atom is -0.340 e. The van der Waals surface area contributed by atoms with Gasteiger partial charge in [0.1, 0.15) is 5.82 Å². The van der Waals surface area contributed by atoms with Gasteiger partial charge in [0.15, 0.2) is 0 Å². The lowest BCUT2D eigenvalue weighted by Crippen LogP contribution is -2.31. The van der Waals surface area contributed by atoms with Crippen molar-refractivity contribution in [2.45, 2.75) is 31.6 Å². The van der Waals surface area contributed by atoms with Crippen molar-refractivity contribution >= 4 is 44.8 Å². The van der Waals surface area contributed by atoms with Crippen LogP contribution < -0.4 is 20.3 Å². The van der Waals surface area contributed by atoms with E-state index in [0.717, 1.165) is 22.5 Å². The SMILES string of the molecule is CNS(=O)(=O)c1cc(Nc2ncc(C)c(Nc3ccc4c(c3)CCC(=O)N4C)n2)ccc1C. The standard InChI is InChI=1S/C23H26N6O3S/c1-14-5-7-18(12-20(14)33(31,32)24-3)27-23-25-13-15(2)22(28-23)26-17-8-9-19-16(11-17)6-10-21(30)29(19)4/h5,7-9,11-13,24H,6,10H2,1-4H3,(H2,25,26,27,28). The molecule has 0 saturated heterocycles. The first-order chi connectivity index (χ1) is 15.7. The average Bonchev–Trinajstić information content (AvgIpc) is 2.80. The molecule has 3 aromatic rings. The summed E-state index contributed by atoms with van der Waals surface area (Å²) < 4.78 is 26.9. The molecule has 3 N–H and O–H groups in total. The number of anilines is 5. The summed E-state index contributed by atoms with van der Waals surface area (Å²) in [6.45, 7) is 3.64. The molecule has 33 heavy (non-hydrogen) atoms. The Kier molecular flexibility index (Phi) is 6.05. The van der Waals surface area contributed by atoms with Gasteiger partial charge < -0.3 is 15.5 Å². The van der Waals surface area contributed by atoms with Gasteiger partial charge in [-0.05, 0) is 68.8 Å². The molecule has 0 spiro atoms. The molecule has 0 saturated carbocycles. The highest BCUT2D eigenvalue weighted by atomic mass is 32.2. The van der Waals surface area contributed by atoms with Gasteiger partial charge in [-0.1, -0.05) is 6.07 Å². The quantitative estimate of drug-likeness (QED) is 0.510. The molecule has 1 aliphatic heterocycles. The third kappa shape index (κ3) is 4.67. The highest BCUT2D eigenvalue weighted by Gasteiger charge is 2.21. The predicted octanol–water partition coefficient (Wildman–Crippen LogP) is 3.40. The van der Waals surface area contributed by atoms with Crippen molar-refractivity contribution in [3.8, 4) is 0 Å². The predicted molar refractivity (Wildman–Crippen MR) is 129 cm³/mol. The van der Waals surface area contributed by atoms with Crippen molar-refractivity contribution in [3.63, 3.8) is 0 Å². The van der Waals surface area contributed by atoms with Crippen LogP contribution in [0.15, 0.2) is 47.5 Å². The van der Waals surface area contributed by atoms with Crippen LogP contribution in [0.2, 0.25) is 0 Å². The van der Waals surface area contributed by atoms with E-state index in [9.17, 15) is 13.2 Å². The van der Waals surface area contributed by atoms with E-state index in [4.69, 9.17) is 0 Å². The number of fused-ring (bicyclic) bond motifs is 1. The highest BCUT2D eigenvalue weighted by molar-refractivity contribution is 7.89. The highest BCUT2D eigenvalue weighted by Crippen LogP contribution is 2.31. The van der Waals surface area contributed by atoms with Gasteiger partial charge in [-0.3, -0.25) is 4.79 Å². The Labute approximate surface area is 193 Å². The van der Waals surface area contributed by atoms with Crippen LogP contribution in [-0.4, -0.2) is 38.4 Å². The van der Waals surface area contributed by atoms with Gasteiger partial charge in [-0.2, -0.15) is 4.98 Å². The van der Waals surface area contributed by atoms with Crippen LogP contribution in [-0.2, 0) is 21.2 Å². The molecule has 0 aliphatic carbocycles. The van der Waals surface area contributed by atoms with Gasteiger partial charge in [0, 0.05) is 42.3 Å². The topological polar surface area (TPSA) is 116 Å². The lowest BCUT2D eigenvalue weighted by atomic mass is 10.0. The van der Waals surface area contributed by atoms with Crippen molar-refractivity contribution in [2.24, 2.45) is 0 Å². The molecule has 9 nitrogen and oxygen atoms in total. The number of rotatable bonds is 6. The Morgan fingerprint density at radius 1 is 0.970 bits per heavy atom. The number of nitrogens with zero attached hydrogens (tertiary/aromatic N) is 3. The Balaban J connectivity index is 1.58. The number of sulfonamides is 1. The van der Waals surface area contributed by atoms with Crippen LogP contribution in [0.5, 0.6) is 0 Å². The van der Waals surface area contributed by atoms with Gasteiger partial charge in [0.05, 0.1) is 4.90 Å². The van der Waals surface area contributed by atoms with Gasteiger partial charge in [-0.15, -0.1) is 0 Å². The van der Waals surface area contributed by atoms with Gasteiger partial charge in [0.2, 0.25) is 21.9 Å². The number of benzene rings is 2. The summed E-state index contributed by atoms with van der Waals surface area (Å²) >= 11 is 0. The van der Waals surface area contributed by atoms with E-state index in [-0.39, 0.29) is 10.8 Å². The van der Waals surface area contributed by atoms with E-state index in [1.807, 2.05) is 25.1 Å². The summed E-state index contributed by atoms with van der Waals surface area (Å²) in [5, 5.41) is 6.41. The average molecular weight is 467 g/mol. The first-order valence-corrected chi connectivity index (χ1v) is 12.0. The fraction of sp³-hybridized carbons (Fsp3) is 0.261. The fourth-order valence-electron chi connectivity index (χ4n) is 3.71. The van der Waals surface area contributed by atoms with E-state index in [1.54, 1.807) is 43.3 Å². The minimum absolute atomic E-state index is 0.118. The first kappa shape index (κ1) is 22.7. The number of carbonyl (C=O) groups excluding carboxylic acids is 1. The molecule has 1 amide bonds. The maximum absolute atomic E-state index is 12.3. The van der Waals surface area contributed by atoms with E-state index in [0.29, 0.717) is 35.9 Å². The Hall–Kier alpha value is -3.50. The second kappa shape index (κ2) is 8.80. The molecule has 0 fully saturated rings. The molecule has 10 heteroatoms. The van der Waals surface area contributed by atoms with E-state index in [2.05, 4.69) is 25.3 Å². The van der Waals surface area contributed by atoms with Gasteiger partial charge in [-0.25, -0.2) is 18.1 Å². The molecule has 172 valence electrons. The zero-order chi connectivity index (χ0) is 23.8. The van der Waals surface area contributed by atoms with E-state index in [1.165, 1.54) is 7.05 Å². The van der Waals surface area contributed by atoms with Crippen LogP contribution in [0.4, 0.5) is 28.8 Å². The third-order valence-electron chi connectivity index (χ3n) is 5.66. The number of amides is 1. The summed E-state index contributed by atoms with van der Waals surface area (Å²) in [4.78, 5) is 22.7. The van der Waals surface area contributed by atoms with E-state index >= 15 is 0 Å². The van der Waals surface area contributed by atoms with Crippen molar-refractivity contribution < 1.29 is 13.2 Å². The molecule has 0 bridgehead atoms. The van der Waals surface area contributed by atoms with Crippen LogP contribution >= 0.6 is 0 Å². The summed E-state index contributed by atoms with van der Waals surface area (Å²) in [6, 6.07) is 10.9. The molecular weight excluding hydrogens is 440 g/mol. The first-order valence-electron chi connectivity index (χ1n) is 10.5. The molecule has 2 aromatic carbocycles. The normalized spacial score (nSPS) is 13.6. The number of carbonyl (C=O) groups is 1. The van der Waals surface area contributed by atoms with Crippen LogP contribution in [0.25, 0.3) is 0 Å². The zero-order valence-electron chi connectivity index (χ0n) is 18.9. The van der Waals surface area contributed by atoms with Gasteiger partial charge >= 0.3 is 0 Å². The maximum atomic E-state index is 12.3. The number of hydrogen-bond donors (Lipinski definition) is 3. The maximum Gasteiger partial charge on any atom is 0.240 e. The molecule has 0 radical (unpaired) electrons. The molecular formula is C23H26N6O3S. The fourth-order valence-corrected chi connectivity index (χ4v) is 4.70. The molecule has 4 rings (SSSR count). The van der Waals surface area contributed by atoms with Crippen molar-refractivity contribution in [1.29, 1.82) is 0 Å². The lowest BCUT2D eigenvalue weighted by molar-refractivity contribution is -0.118. The van der Waals surface area contributed by atoms with Crippen LogP contribution in [0.3, 0.4) is 0 Å². The summed E-state index contributed by atoms with van der Waals surface area (Å²) in [7, 11) is -0.411. The summed E-state index contributed by atoms with van der Waals surface area (Å²) in [5.74, 6) is 1.08. The smallest absolute Gasteiger partial charge is 0.240 e. The van der Waals surface area contributed by atoms with Gasteiger partial charge in [0.25, 0.3) is 0 Å². The summed E-state index contributed by atoms with van der Waals surface area (Å²) in [6.07, 6.45) is 2.90. The van der Waals surface area contributed by atoms with Crippen LogP contribution in [0.1, 0.15) is 23.1 Å². The van der Waals surface area contributed by atoms with Crippen LogP contribution in [0, 0.1) is 13.8 Å². The zero-order valence-corrected chi connectivity index (χ0v) is 19.7. The molecule has 1 aliphatic rings. The van der Waals surface area contributed by atoms with Crippen molar-refractivity contribution in [2.75, 3.05) is 29.6 Å². The Morgan fingerprint density at radius 2 is 1.70 bits per heavy atom. The number of nitrogens with one attached hydrogen (secondary N) is 3. The minimum atomic E-state index is -3.58. The van der Waals surface area contributed by atoms with Crippen molar-refractivity contribution in [1.82, 2.24) is 14.7 Å². The Bertz CT molecular complexity index is 1340. The largest absolute Gasteiger partial charge is 0.340 e. The second-order valence-electron chi connectivity index (χ2n) is 7.96. The second-order valence-corrected chi connectivity index (χ2v) is 9.81. The third-order valence-corrected chi connectivity index (χ3v) is 7.22. The molecule has 2 heterocycles. The molecule has 1 aromatic heterocycles. The number of aromatic nitrogens is 2. The summed E-state index contributed by atoms with van der Waals surface area (Å²) in [5.41, 5.74) is 4.94. The van der Waals surface area contributed by atoms with Crippen molar-refractivity contribution in [3.05, 3.63) is 59.3 Å². The molecule has 0 unspecified atom stereocenters. The number of aryl methyl sites for hydroxylation is 3. The lowest BCUT2D eigenvalue weighted by Gasteiger charge is -2.26.